The molecule has 1 atom stereocenters. The van der Waals surface area contributed by atoms with Gasteiger partial charge in [0.15, 0.2) is 5.96 Å². The van der Waals surface area contributed by atoms with Crippen molar-refractivity contribution < 1.29 is 22.6 Å². The lowest BCUT2D eigenvalue weighted by Crippen LogP contribution is -2.41. The summed E-state index contributed by atoms with van der Waals surface area (Å²) in [4.78, 5) is 6.57. The third-order valence-corrected chi connectivity index (χ3v) is 5.58. The molecule has 1 N–H and O–H groups in total. The van der Waals surface area contributed by atoms with E-state index in [1.54, 1.807) is 21.3 Å². The van der Waals surface area contributed by atoms with E-state index in [0.717, 1.165) is 37.0 Å². The van der Waals surface area contributed by atoms with Crippen molar-refractivity contribution in [1.29, 1.82) is 0 Å². The average Bonchev–Trinajstić information content (AvgIpc) is 3.16. The number of halogens is 1. The molecular formula is C19H32IN3O5S. The normalized spacial score (nSPS) is 17.0. The van der Waals surface area contributed by atoms with E-state index in [1.807, 2.05) is 6.07 Å². The first-order valence-electron chi connectivity index (χ1n) is 9.30. The van der Waals surface area contributed by atoms with Crippen LogP contribution in [0.15, 0.2) is 23.2 Å². The van der Waals surface area contributed by atoms with Crippen LogP contribution in [0.3, 0.4) is 0 Å². The Labute approximate surface area is 190 Å². The number of likely N-dealkylation sites (tertiary alicyclic amines) is 1. The van der Waals surface area contributed by atoms with Gasteiger partial charge in [0.2, 0.25) is 0 Å². The second kappa shape index (κ2) is 12.4. The number of guanidine groups is 1. The molecule has 0 spiro atoms. The zero-order chi connectivity index (χ0) is 20.6. The maximum absolute atomic E-state index is 11.1. The van der Waals surface area contributed by atoms with Crippen molar-refractivity contribution in [3.8, 4) is 11.5 Å². The highest BCUT2D eigenvalue weighted by atomic mass is 127. The SMILES string of the molecule is CN=C(NCCOCCS(C)(=O)=O)N1CCC(c2cc(OC)cc(OC)c2)C1.I. The van der Waals surface area contributed by atoms with E-state index >= 15 is 0 Å². The van der Waals surface area contributed by atoms with E-state index in [-0.39, 0.29) is 36.3 Å². The number of nitrogens with zero attached hydrogens (tertiary/aromatic N) is 2. The quantitative estimate of drug-likeness (QED) is 0.221. The van der Waals surface area contributed by atoms with Crippen LogP contribution >= 0.6 is 24.0 Å². The number of nitrogens with one attached hydrogen (secondary N) is 1. The molecule has 0 saturated carbocycles. The number of methoxy groups -OCH3 is 2. The summed E-state index contributed by atoms with van der Waals surface area (Å²) >= 11 is 0. The Hall–Kier alpha value is -1.27. The Morgan fingerprint density at radius 1 is 1.21 bits per heavy atom. The zero-order valence-corrected chi connectivity index (χ0v) is 20.7. The van der Waals surface area contributed by atoms with E-state index < -0.39 is 9.84 Å². The first-order chi connectivity index (χ1) is 13.4. The molecule has 10 heteroatoms. The van der Waals surface area contributed by atoms with Gasteiger partial charge >= 0.3 is 0 Å². The molecule has 8 nitrogen and oxygen atoms in total. The molecule has 0 amide bonds. The van der Waals surface area contributed by atoms with Gasteiger partial charge in [-0.3, -0.25) is 4.99 Å². The zero-order valence-electron chi connectivity index (χ0n) is 17.5. The molecule has 0 radical (unpaired) electrons. The van der Waals surface area contributed by atoms with Crippen LogP contribution < -0.4 is 14.8 Å². The molecule has 0 aliphatic carbocycles. The highest BCUT2D eigenvalue weighted by molar-refractivity contribution is 14.0. The smallest absolute Gasteiger partial charge is 0.193 e. The molecule has 1 aromatic rings. The van der Waals surface area contributed by atoms with Gasteiger partial charge in [-0.2, -0.15) is 0 Å². The van der Waals surface area contributed by atoms with Crippen LogP contribution in [-0.2, 0) is 14.6 Å². The molecule has 0 bridgehead atoms. The Morgan fingerprint density at radius 3 is 2.41 bits per heavy atom. The maximum atomic E-state index is 11.1. The van der Waals surface area contributed by atoms with Gasteiger partial charge in [-0.05, 0) is 24.1 Å². The van der Waals surface area contributed by atoms with Gasteiger partial charge in [-0.25, -0.2) is 8.42 Å². The molecule has 1 aliphatic heterocycles. The van der Waals surface area contributed by atoms with Crippen LogP contribution in [-0.4, -0.2) is 85.4 Å². The first-order valence-corrected chi connectivity index (χ1v) is 11.4. The second-order valence-electron chi connectivity index (χ2n) is 6.79. The molecule has 1 saturated heterocycles. The predicted molar refractivity (Wildman–Crippen MR) is 126 cm³/mol. The van der Waals surface area contributed by atoms with Crippen molar-refractivity contribution in [1.82, 2.24) is 10.2 Å². The van der Waals surface area contributed by atoms with Gasteiger partial charge < -0.3 is 24.4 Å². The number of hydrogen-bond acceptors (Lipinski definition) is 6. The van der Waals surface area contributed by atoms with Crippen LogP contribution in [0.25, 0.3) is 0 Å². The fraction of sp³-hybridized carbons (Fsp3) is 0.632. The number of sulfone groups is 1. The van der Waals surface area contributed by atoms with Crippen molar-refractivity contribution >= 4 is 39.8 Å². The topological polar surface area (TPSA) is 89.5 Å². The standard InChI is InChI=1S/C19H31N3O5S.HI/c1-20-19(21-6-8-27-9-10-28(4,23)24)22-7-5-15(14-22)16-11-17(25-2)13-18(12-16)26-3;/h11-13,15H,5-10,14H2,1-4H3,(H,20,21);1H. The molecule has 166 valence electrons. The Morgan fingerprint density at radius 2 is 1.86 bits per heavy atom. The lowest BCUT2D eigenvalue weighted by Gasteiger charge is -2.22. The lowest BCUT2D eigenvalue weighted by atomic mass is 9.98. The van der Waals surface area contributed by atoms with Crippen molar-refractivity contribution in [2.75, 3.05) is 66.1 Å². The third-order valence-electron chi connectivity index (χ3n) is 4.67. The predicted octanol–water partition coefficient (Wildman–Crippen LogP) is 1.75. The number of ether oxygens (including phenoxy) is 3. The number of benzene rings is 1. The second-order valence-corrected chi connectivity index (χ2v) is 9.05. The summed E-state index contributed by atoms with van der Waals surface area (Å²) in [6, 6.07) is 5.99. The highest BCUT2D eigenvalue weighted by Gasteiger charge is 2.26. The van der Waals surface area contributed by atoms with Crippen molar-refractivity contribution in [2.45, 2.75) is 12.3 Å². The minimum atomic E-state index is -2.98. The first kappa shape index (κ1) is 25.8. The molecule has 2 rings (SSSR count). The van der Waals surface area contributed by atoms with Crippen LogP contribution in [0, 0.1) is 0 Å². The van der Waals surface area contributed by atoms with Gasteiger partial charge in [-0.1, -0.05) is 0 Å². The van der Waals surface area contributed by atoms with Gasteiger partial charge in [0.05, 0.1) is 33.2 Å². The van der Waals surface area contributed by atoms with E-state index in [4.69, 9.17) is 14.2 Å². The highest BCUT2D eigenvalue weighted by Crippen LogP contribution is 2.32. The van der Waals surface area contributed by atoms with E-state index in [0.29, 0.717) is 19.1 Å². The van der Waals surface area contributed by atoms with E-state index in [2.05, 4.69) is 27.3 Å². The van der Waals surface area contributed by atoms with Crippen LogP contribution in [0.4, 0.5) is 0 Å². The number of hydrogen-bond donors (Lipinski definition) is 1. The summed E-state index contributed by atoms with van der Waals surface area (Å²) in [5.74, 6) is 2.82. The van der Waals surface area contributed by atoms with Crippen LogP contribution in [0.1, 0.15) is 17.9 Å². The van der Waals surface area contributed by atoms with Crippen molar-refractivity contribution in [3.05, 3.63) is 23.8 Å². The van der Waals surface area contributed by atoms with Gasteiger partial charge in [-0.15, -0.1) is 24.0 Å². The largest absolute Gasteiger partial charge is 0.497 e. The van der Waals surface area contributed by atoms with Crippen molar-refractivity contribution in [2.24, 2.45) is 4.99 Å². The summed E-state index contributed by atoms with van der Waals surface area (Å²) in [5, 5.41) is 3.28. The molecule has 1 aromatic carbocycles. The Bertz CT molecular complexity index is 751. The molecule has 29 heavy (non-hydrogen) atoms. The fourth-order valence-corrected chi connectivity index (χ4v) is 3.59. The van der Waals surface area contributed by atoms with Gasteiger partial charge in [0.25, 0.3) is 0 Å². The third kappa shape index (κ3) is 8.55. The summed E-state index contributed by atoms with van der Waals surface area (Å²) in [7, 11) is 2.09. The Kier molecular flexibility index (Phi) is 11.0. The summed E-state index contributed by atoms with van der Waals surface area (Å²) in [6.07, 6.45) is 2.22. The minimum Gasteiger partial charge on any atom is -0.497 e. The van der Waals surface area contributed by atoms with Crippen LogP contribution in [0.5, 0.6) is 11.5 Å². The minimum absolute atomic E-state index is 0. The van der Waals surface area contributed by atoms with E-state index in [1.165, 1.54) is 11.8 Å². The Balaban J connectivity index is 0.00000420. The van der Waals surface area contributed by atoms with Crippen LogP contribution in [0.2, 0.25) is 0 Å². The number of aliphatic imine (C=N–C) groups is 1. The fourth-order valence-electron chi connectivity index (χ4n) is 3.17. The molecule has 1 fully saturated rings. The monoisotopic (exact) mass is 541 g/mol. The summed E-state index contributed by atoms with van der Waals surface area (Å²) in [6.45, 7) is 2.97. The van der Waals surface area contributed by atoms with Crippen molar-refractivity contribution in [3.63, 3.8) is 0 Å². The summed E-state index contributed by atoms with van der Waals surface area (Å²) in [5.41, 5.74) is 1.19. The summed E-state index contributed by atoms with van der Waals surface area (Å²) < 4.78 is 38.3. The maximum Gasteiger partial charge on any atom is 0.193 e. The molecule has 1 unspecified atom stereocenters. The molecule has 1 heterocycles. The lowest BCUT2D eigenvalue weighted by molar-refractivity contribution is 0.153. The molecule has 0 aromatic heterocycles. The number of rotatable bonds is 9. The van der Waals surface area contributed by atoms with Gasteiger partial charge in [0.1, 0.15) is 21.3 Å². The average molecular weight is 541 g/mol. The van der Waals surface area contributed by atoms with Gasteiger partial charge in [0, 0.05) is 44.9 Å². The molecule has 1 aliphatic rings. The molecular weight excluding hydrogens is 509 g/mol. The van der Waals surface area contributed by atoms with E-state index in [9.17, 15) is 8.42 Å².